The van der Waals surface area contributed by atoms with Crippen molar-refractivity contribution >= 4 is 31.4 Å². The van der Waals surface area contributed by atoms with Crippen molar-refractivity contribution in [3.8, 4) is 0 Å². The van der Waals surface area contributed by atoms with Crippen LogP contribution >= 0.6 is 0 Å². The van der Waals surface area contributed by atoms with Gasteiger partial charge in [0, 0.05) is 12.4 Å². The highest BCUT2D eigenvalue weighted by atomic mass is 16.6. The summed E-state index contributed by atoms with van der Waals surface area (Å²) in [6.07, 6.45) is 0.715. The summed E-state index contributed by atoms with van der Waals surface area (Å²) in [5.74, 6) is -0.169. The number of rotatable bonds is 1. The lowest BCUT2D eigenvalue weighted by molar-refractivity contribution is 0.0427. The highest BCUT2D eigenvalue weighted by Gasteiger charge is 2.34. The molecule has 0 aliphatic carbocycles. The first-order valence-electron chi connectivity index (χ1n) is 6.73. The molecule has 0 aromatic carbocycles. The van der Waals surface area contributed by atoms with Crippen LogP contribution in [-0.4, -0.2) is 41.2 Å². The van der Waals surface area contributed by atoms with Crippen molar-refractivity contribution < 1.29 is 19.1 Å². The van der Waals surface area contributed by atoms with Crippen LogP contribution in [0.2, 0.25) is 0 Å². The van der Waals surface area contributed by atoms with Gasteiger partial charge < -0.3 is 9.47 Å². The number of nitrogens with zero attached hydrogens (tertiary/aromatic N) is 3. The lowest BCUT2D eigenvalue weighted by Gasteiger charge is -2.27. The Morgan fingerprint density at radius 3 is 1.64 bits per heavy atom. The van der Waals surface area contributed by atoms with E-state index >= 15 is 0 Å². The van der Waals surface area contributed by atoms with Gasteiger partial charge in [0.2, 0.25) is 5.95 Å². The number of carbonyl (C=O) groups excluding carboxylic acids is 2. The Kier molecular flexibility index (Phi) is 5.16. The number of hydrogen-bond donors (Lipinski definition) is 0. The number of carbonyl (C=O) groups is 2. The van der Waals surface area contributed by atoms with Gasteiger partial charge in [-0.25, -0.2) is 19.6 Å². The summed E-state index contributed by atoms with van der Waals surface area (Å²) < 4.78 is 10.4. The summed E-state index contributed by atoms with van der Waals surface area (Å²) in [6.45, 7) is 10.1. The molecule has 0 spiro atoms. The van der Waals surface area contributed by atoms with Crippen molar-refractivity contribution in [2.45, 2.75) is 52.7 Å². The minimum Gasteiger partial charge on any atom is -0.443 e. The fourth-order valence-corrected chi connectivity index (χ4v) is 1.30. The minimum absolute atomic E-state index is 0.169. The molecule has 1 rings (SSSR count). The van der Waals surface area contributed by atoms with E-state index < -0.39 is 23.4 Å². The van der Waals surface area contributed by atoms with Gasteiger partial charge in [-0.3, -0.25) is 0 Å². The van der Waals surface area contributed by atoms with Crippen LogP contribution in [-0.2, 0) is 9.47 Å². The van der Waals surface area contributed by atoms with E-state index in [1.54, 1.807) is 41.5 Å². The molecule has 0 bridgehead atoms. The van der Waals surface area contributed by atoms with Crippen LogP contribution in [0.1, 0.15) is 41.5 Å². The van der Waals surface area contributed by atoms with Gasteiger partial charge in [-0.2, -0.15) is 0 Å². The number of aromatic nitrogens is 2. The summed E-state index contributed by atoms with van der Waals surface area (Å²) in [7, 11) is 5.51. The molecule has 7 nitrogen and oxygen atoms in total. The summed E-state index contributed by atoms with van der Waals surface area (Å²) in [4.78, 5) is 32.9. The third-order valence-corrected chi connectivity index (χ3v) is 2.01. The van der Waals surface area contributed by atoms with Crippen LogP contribution in [0, 0.1) is 0 Å². The summed E-state index contributed by atoms with van der Waals surface area (Å²) in [6, 6.07) is 0. The Balaban J connectivity index is 3.12. The summed E-state index contributed by atoms with van der Waals surface area (Å²) >= 11 is 0. The largest absolute Gasteiger partial charge is 0.443 e. The molecule has 0 fully saturated rings. The second-order valence-electron chi connectivity index (χ2n) is 6.61. The average molecular weight is 305 g/mol. The van der Waals surface area contributed by atoms with E-state index in [2.05, 4.69) is 9.97 Å². The van der Waals surface area contributed by atoms with E-state index in [1.165, 1.54) is 12.4 Å². The van der Waals surface area contributed by atoms with E-state index in [4.69, 9.17) is 17.3 Å². The zero-order chi connectivity index (χ0) is 17.1. The minimum atomic E-state index is -0.925. The van der Waals surface area contributed by atoms with Crippen LogP contribution in [0.25, 0.3) is 0 Å². The second-order valence-corrected chi connectivity index (χ2v) is 6.61. The summed E-state index contributed by atoms with van der Waals surface area (Å²) in [5.41, 5.74) is -1.27. The normalized spacial score (nSPS) is 11.7. The molecule has 0 N–H and O–H groups in total. The van der Waals surface area contributed by atoms with E-state index in [1.807, 2.05) is 0 Å². The van der Waals surface area contributed by atoms with Crippen LogP contribution in [0.3, 0.4) is 0 Å². The molecule has 0 unspecified atom stereocenters. The van der Waals surface area contributed by atoms with E-state index in [0.717, 1.165) is 0 Å². The van der Waals surface area contributed by atoms with Crippen molar-refractivity contribution in [3.05, 3.63) is 12.4 Å². The molecule has 0 aliphatic rings. The van der Waals surface area contributed by atoms with Gasteiger partial charge in [0.1, 0.15) is 19.0 Å². The van der Waals surface area contributed by atoms with Gasteiger partial charge in [-0.05, 0) is 41.5 Å². The Bertz CT molecular complexity index is 519. The number of ether oxygens (including phenoxy) is 2. The van der Waals surface area contributed by atoms with Gasteiger partial charge in [0.05, 0.1) is 0 Å². The van der Waals surface area contributed by atoms with Crippen molar-refractivity contribution in [2.24, 2.45) is 0 Å². The predicted molar refractivity (Wildman–Crippen MR) is 82.4 cm³/mol. The van der Waals surface area contributed by atoms with Crippen LogP contribution < -0.4 is 10.4 Å². The molecule has 0 atom stereocenters. The Morgan fingerprint density at radius 2 is 1.32 bits per heavy atom. The molecule has 1 aromatic rings. The highest BCUT2D eigenvalue weighted by Crippen LogP contribution is 2.17. The van der Waals surface area contributed by atoms with Crippen LogP contribution in [0.15, 0.2) is 12.4 Å². The predicted octanol–water partition coefficient (Wildman–Crippen LogP) is 1.95. The van der Waals surface area contributed by atoms with Crippen molar-refractivity contribution in [1.82, 2.24) is 9.97 Å². The summed E-state index contributed by atoms with van der Waals surface area (Å²) in [5, 5.41) is 0. The average Bonchev–Trinajstić information content (AvgIpc) is 2.27. The highest BCUT2D eigenvalue weighted by molar-refractivity contribution is 6.31. The molecule has 2 radical (unpaired) electrons. The van der Waals surface area contributed by atoms with Crippen LogP contribution in [0.4, 0.5) is 15.5 Å². The lowest BCUT2D eigenvalue weighted by atomic mass is 10.0. The number of amides is 2. The molecule has 22 heavy (non-hydrogen) atoms. The molecule has 1 aromatic heterocycles. The Labute approximate surface area is 131 Å². The second kappa shape index (κ2) is 6.33. The first-order valence-corrected chi connectivity index (χ1v) is 6.73. The van der Waals surface area contributed by atoms with Crippen molar-refractivity contribution in [1.29, 1.82) is 0 Å². The maximum atomic E-state index is 12.3. The van der Waals surface area contributed by atoms with Gasteiger partial charge in [-0.1, -0.05) is 5.46 Å². The third kappa shape index (κ3) is 5.71. The van der Waals surface area contributed by atoms with Gasteiger partial charge >= 0.3 is 12.2 Å². The van der Waals surface area contributed by atoms with Crippen molar-refractivity contribution in [3.63, 3.8) is 0 Å². The molecule has 8 heteroatoms. The first kappa shape index (κ1) is 17.9. The lowest BCUT2D eigenvalue weighted by Crippen LogP contribution is -2.44. The number of anilines is 1. The fourth-order valence-electron chi connectivity index (χ4n) is 1.30. The number of imide groups is 1. The first-order chi connectivity index (χ1) is 9.89. The van der Waals surface area contributed by atoms with Gasteiger partial charge in [0.15, 0.2) is 0 Å². The molecule has 0 aliphatic heterocycles. The van der Waals surface area contributed by atoms with Gasteiger partial charge in [0.25, 0.3) is 0 Å². The van der Waals surface area contributed by atoms with E-state index in [9.17, 15) is 9.59 Å². The molecular weight excluding hydrogens is 285 g/mol. The quantitative estimate of drug-likeness (QED) is 0.738. The molecule has 2 amide bonds. The molecule has 0 saturated carbocycles. The maximum absolute atomic E-state index is 12.3. The fraction of sp³-hybridized carbons (Fsp3) is 0.571. The molecule has 0 saturated heterocycles. The molecular formula is C14H20BN3O4. The van der Waals surface area contributed by atoms with Crippen molar-refractivity contribution in [2.75, 3.05) is 4.90 Å². The standard InChI is InChI=1S/C14H20BN3O4/c1-13(2,3)21-11(19)18(12(20)22-14(4,5)6)10-16-7-9(15)8-17-10/h7-8H,1-6H3. The Morgan fingerprint density at radius 1 is 0.955 bits per heavy atom. The maximum Gasteiger partial charge on any atom is 0.427 e. The molecule has 118 valence electrons. The zero-order valence-electron chi connectivity index (χ0n) is 13.7. The SMILES string of the molecule is [B]c1cnc(N(C(=O)OC(C)(C)C)C(=O)OC(C)(C)C)nc1. The number of hydrogen-bond acceptors (Lipinski definition) is 6. The Hall–Kier alpha value is -2.12. The monoisotopic (exact) mass is 305 g/mol. The smallest absolute Gasteiger partial charge is 0.427 e. The zero-order valence-corrected chi connectivity index (χ0v) is 13.7. The topological polar surface area (TPSA) is 81.6 Å². The van der Waals surface area contributed by atoms with E-state index in [-0.39, 0.29) is 5.95 Å². The third-order valence-electron chi connectivity index (χ3n) is 2.01. The van der Waals surface area contributed by atoms with E-state index in [0.29, 0.717) is 10.4 Å². The van der Waals surface area contributed by atoms with Crippen LogP contribution in [0.5, 0.6) is 0 Å². The van der Waals surface area contributed by atoms with Gasteiger partial charge in [-0.15, -0.1) is 4.90 Å². The molecule has 1 heterocycles.